The number of imidazole rings is 1. The molecule has 1 unspecified atom stereocenters. The summed E-state index contributed by atoms with van der Waals surface area (Å²) in [7, 11) is 0. The van der Waals surface area contributed by atoms with Crippen LogP contribution in [0.5, 0.6) is 0 Å². The lowest BCUT2D eigenvalue weighted by Crippen LogP contribution is -1.91. The Balaban J connectivity index is 1.92. The van der Waals surface area contributed by atoms with E-state index in [1.54, 1.807) is 22.0 Å². The molecule has 20 heavy (non-hydrogen) atoms. The third-order valence-electron chi connectivity index (χ3n) is 2.95. The highest BCUT2D eigenvalue weighted by atomic mass is 32.1. The third-order valence-corrected chi connectivity index (χ3v) is 5.09. The van der Waals surface area contributed by atoms with Gasteiger partial charge in [-0.25, -0.2) is 18.9 Å². The molecule has 0 aliphatic heterocycles. The number of hydrogen-bond donors (Lipinski definition) is 0. The van der Waals surface area contributed by atoms with E-state index in [2.05, 4.69) is 15.1 Å². The van der Waals surface area contributed by atoms with Crippen LogP contribution in [0.25, 0.3) is 25.9 Å². The smallest absolute Gasteiger partial charge is 0.212 e. The first-order valence-electron chi connectivity index (χ1n) is 6.07. The highest BCUT2D eigenvalue weighted by Crippen LogP contribution is 2.32. The van der Waals surface area contributed by atoms with Crippen LogP contribution in [0.15, 0.2) is 30.5 Å². The minimum absolute atomic E-state index is 0.440. The van der Waals surface area contributed by atoms with Crippen LogP contribution in [0.1, 0.15) is 18.1 Å². The van der Waals surface area contributed by atoms with E-state index in [1.165, 1.54) is 18.3 Å². The molecule has 7 heteroatoms. The average Bonchev–Trinajstić information content (AvgIpc) is 3.10. The predicted molar refractivity (Wildman–Crippen MR) is 79.0 cm³/mol. The van der Waals surface area contributed by atoms with Gasteiger partial charge in [-0.05, 0) is 19.1 Å². The maximum Gasteiger partial charge on any atom is 0.212 e. The van der Waals surface area contributed by atoms with Gasteiger partial charge in [0.2, 0.25) is 4.96 Å². The fourth-order valence-corrected chi connectivity index (χ4v) is 3.76. The zero-order chi connectivity index (χ0) is 13.7. The van der Waals surface area contributed by atoms with Crippen LogP contribution in [0, 0.1) is 0 Å². The van der Waals surface area contributed by atoms with Gasteiger partial charge in [0.05, 0.1) is 16.4 Å². The standard InChI is InChI=1S/C13H9FN4S2/c1-7(14)11-17-18-9(6-15-13(18)20-11)12-16-8-4-2-3-5-10(8)19-12/h2-7H,1H3. The summed E-state index contributed by atoms with van der Waals surface area (Å²) in [6.07, 6.45) is 0.661. The van der Waals surface area contributed by atoms with E-state index in [0.717, 1.165) is 20.9 Å². The largest absolute Gasteiger partial charge is 0.240 e. The van der Waals surface area contributed by atoms with Crippen molar-refractivity contribution in [3.63, 3.8) is 0 Å². The highest BCUT2D eigenvalue weighted by Gasteiger charge is 2.17. The molecule has 0 fully saturated rings. The van der Waals surface area contributed by atoms with Crippen molar-refractivity contribution in [1.82, 2.24) is 19.6 Å². The Bertz CT molecular complexity index is 872. The van der Waals surface area contributed by atoms with E-state index < -0.39 is 6.17 Å². The van der Waals surface area contributed by atoms with Gasteiger partial charge in [0, 0.05) is 0 Å². The summed E-state index contributed by atoms with van der Waals surface area (Å²) in [5, 5.41) is 5.57. The summed E-state index contributed by atoms with van der Waals surface area (Å²) in [6, 6.07) is 7.96. The molecule has 1 atom stereocenters. The molecule has 100 valence electrons. The van der Waals surface area contributed by atoms with Gasteiger partial charge in [-0.2, -0.15) is 5.10 Å². The molecule has 0 radical (unpaired) electrons. The number of rotatable bonds is 2. The molecule has 1 aromatic carbocycles. The minimum atomic E-state index is -1.08. The predicted octanol–water partition coefficient (Wildman–Crippen LogP) is 4.10. The molecular formula is C13H9FN4S2. The third kappa shape index (κ3) is 1.74. The number of para-hydroxylation sites is 1. The van der Waals surface area contributed by atoms with Crippen molar-refractivity contribution in [1.29, 1.82) is 0 Å². The topological polar surface area (TPSA) is 43.1 Å². The van der Waals surface area contributed by atoms with Crippen LogP contribution in [-0.4, -0.2) is 19.6 Å². The molecule has 0 bridgehead atoms. The molecule has 0 spiro atoms. The molecule has 4 rings (SSSR count). The van der Waals surface area contributed by atoms with Gasteiger partial charge in [0.15, 0.2) is 11.2 Å². The SMILES string of the molecule is CC(F)c1nn2c(-c3nc4ccccc4s3)cnc2s1. The normalized spacial score (nSPS) is 13.3. The monoisotopic (exact) mass is 304 g/mol. The van der Waals surface area contributed by atoms with Crippen molar-refractivity contribution < 1.29 is 4.39 Å². The van der Waals surface area contributed by atoms with E-state index in [4.69, 9.17) is 0 Å². The Morgan fingerprint density at radius 3 is 2.90 bits per heavy atom. The van der Waals surface area contributed by atoms with Crippen molar-refractivity contribution in [2.24, 2.45) is 0 Å². The summed E-state index contributed by atoms with van der Waals surface area (Å²) in [6.45, 7) is 1.48. The van der Waals surface area contributed by atoms with E-state index in [9.17, 15) is 4.39 Å². The number of fused-ring (bicyclic) bond motifs is 2. The first kappa shape index (κ1) is 11.9. The lowest BCUT2D eigenvalue weighted by atomic mass is 10.3. The number of halogens is 1. The van der Waals surface area contributed by atoms with E-state index in [-0.39, 0.29) is 0 Å². The Kier molecular flexibility index (Phi) is 2.58. The summed E-state index contributed by atoms with van der Waals surface area (Å²) in [5.41, 5.74) is 1.76. The molecule has 4 aromatic rings. The molecular weight excluding hydrogens is 295 g/mol. The quantitative estimate of drug-likeness (QED) is 0.560. The van der Waals surface area contributed by atoms with Gasteiger partial charge in [0.25, 0.3) is 0 Å². The number of alkyl halides is 1. The first-order valence-corrected chi connectivity index (χ1v) is 7.70. The van der Waals surface area contributed by atoms with Gasteiger partial charge in [-0.3, -0.25) is 0 Å². The molecule has 0 saturated carbocycles. The molecule has 3 aromatic heterocycles. The van der Waals surface area contributed by atoms with Crippen LogP contribution in [0.4, 0.5) is 4.39 Å². The second kappa shape index (κ2) is 4.32. The van der Waals surface area contributed by atoms with E-state index in [0.29, 0.717) is 9.97 Å². The lowest BCUT2D eigenvalue weighted by molar-refractivity contribution is 0.370. The molecule has 4 nitrogen and oxygen atoms in total. The van der Waals surface area contributed by atoms with Crippen LogP contribution >= 0.6 is 22.7 Å². The maximum atomic E-state index is 13.3. The van der Waals surface area contributed by atoms with E-state index >= 15 is 0 Å². The number of nitrogens with zero attached hydrogens (tertiary/aromatic N) is 4. The fourth-order valence-electron chi connectivity index (χ4n) is 2.00. The summed E-state index contributed by atoms with van der Waals surface area (Å²) in [4.78, 5) is 9.57. The fraction of sp³-hybridized carbons (Fsp3) is 0.154. The second-order valence-electron chi connectivity index (χ2n) is 4.38. The van der Waals surface area contributed by atoms with Crippen molar-refractivity contribution in [3.05, 3.63) is 35.5 Å². The van der Waals surface area contributed by atoms with Crippen molar-refractivity contribution in [2.45, 2.75) is 13.1 Å². The second-order valence-corrected chi connectivity index (χ2v) is 6.40. The molecule has 0 amide bonds. The summed E-state index contributed by atoms with van der Waals surface area (Å²) < 4.78 is 16.1. The van der Waals surface area contributed by atoms with Gasteiger partial charge in [0.1, 0.15) is 10.7 Å². The number of thiazole rings is 1. The molecule has 0 saturated heterocycles. The van der Waals surface area contributed by atoms with Crippen LogP contribution in [0.3, 0.4) is 0 Å². The first-order chi connectivity index (χ1) is 9.72. The summed E-state index contributed by atoms with van der Waals surface area (Å²) >= 11 is 2.86. The number of benzene rings is 1. The van der Waals surface area contributed by atoms with Crippen molar-refractivity contribution in [2.75, 3.05) is 0 Å². The van der Waals surface area contributed by atoms with Crippen LogP contribution < -0.4 is 0 Å². The molecule has 0 aliphatic carbocycles. The van der Waals surface area contributed by atoms with Crippen molar-refractivity contribution >= 4 is 37.9 Å². The maximum absolute atomic E-state index is 13.3. The Morgan fingerprint density at radius 1 is 1.25 bits per heavy atom. The molecule has 0 aliphatic rings. The average molecular weight is 304 g/mol. The zero-order valence-electron chi connectivity index (χ0n) is 10.4. The Morgan fingerprint density at radius 2 is 2.10 bits per heavy atom. The Labute approximate surface area is 121 Å². The number of hydrogen-bond acceptors (Lipinski definition) is 5. The Hall–Kier alpha value is -1.86. The minimum Gasteiger partial charge on any atom is -0.240 e. The van der Waals surface area contributed by atoms with Gasteiger partial charge >= 0.3 is 0 Å². The zero-order valence-corrected chi connectivity index (χ0v) is 12.1. The number of aromatic nitrogens is 4. The summed E-state index contributed by atoms with van der Waals surface area (Å²) in [5.74, 6) is 0. The highest BCUT2D eigenvalue weighted by molar-refractivity contribution is 7.21. The van der Waals surface area contributed by atoms with Crippen molar-refractivity contribution in [3.8, 4) is 10.7 Å². The van der Waals surface area contributed by atoms with Gasteiger partial charge < -0.3 is 0 Å². The van der Waals surface area contributed by atoms with Crippen LogP contribution in [-0.2, 0) is 0 Å². The molecule has 0 N–H and O–H groups in total. The lowest BCUT2D eigenvalue weighted by Gasteiger charge is -1.93. The van der Waals surface area contributed by atoms with Crippen LogP contribution in [0.2, 0.25) is 0 Å². The van der Waals surface area contributed by atoms with Gasteiger partial charge in [-0.15, -0.1) is 11.3 Å². The van der Waals surface area contributed by atoms with Gasteiger partial charge in [-0.1, -0.05) is 23.5 Å². The molecule has 3 heterocycles. The van der Waals surface area contributed by atoms with E-state index in [1.807, 2.05) is 24.3 Å².